The second-order valence-corrected chi connectivity index (χ2v) is 5.06. The van der Waals surface area contributed by atoms with E-state index in [1.807, 2.05) is 30.3 Å². The van der Waals surface area contributed by atoms with Gasteiger partial charge in [0.2, 0.25) is 5.91 Å². The van der Waals surface area contributed by atoms with Crippen molar-refractivity contribution in [2.75, 3.05) is 5.32 Å². The molecule has 1 fully saturated rings. The second kappa shape index (κ2) is 5.36. The number of carbonyl (C=O) groups excluding carboxylic acids is 1. The number of carboxylic acid groups (broad SMARTS) is 1. The standard InChI is InChI=1S/C16H14N2O3/c19-15(12-9-11(12)10-5-2-1-3-6-10)18-14-8-4-7-13(17-14)16(20)21/h1-8,11-12H,9H2,(H,20,21)(H,17,18,19). The highest BCUT2D eigenvalue weighted by Gasteiger charge is 2.43. The Labute approximate surface area is 121 Å². The van der Waals surface area contributed by atoms with Gasteiger partial charge >= 0.3 is 5.97 Å². The van der Waals surface area contributed by atoms with E-state index in [2.05, 4.69) is 10.3 Å². The van der Waals surface area contributed by atoms with Gasteiger partial charge in [0.15, 0.2) is 5.69 Å². The van der Waals surface area contributed by atoms with Crippen molar-refractivity contribution in [1.29, 1.82) is 0 Å². The van der Waals surface area contributed by atoms with Gasteiger partial charge in [0, 0.05) is 5.92 Å². The molecule has 106 valence electrons. The molecule has 1 heterocycles. The Morgan fingerprint density at radius 2 is 1.86 bits per heavy atom. The van der Waals surface area contributed by atoms with Crippen LogP contribution in [-0.4, -0.2) is 22.0 Å². The number of pyridine rings is 1. The molecule has 5 heteroatoms. The SMILES string of the molecule is O=C(O)c1cccc(NC(=O)C2CC2c2ccccc2)n1. The summed E-state index contributed by atoms with van der Waals surface area (Å²) in [5.74, 6) is -0.770. The van der Waals surface area contributed by atoms with Crippen molar-refractivity contribution in [3.8, 4) is 0 Å². The first-order chi connectivity index (χ1) is 10.1. The zero-order valence-corrected chi connectivity index (χ0v) is 11.2. The minimum absolute atomic E-state index is 0.0670. The van der Waals surface area contributed by atoms with Gasteiger partial charge in [0.25, 0.3) is 0 Å². The predicted octanol–water partition coefficient (Wildman–Crippen LogP) is 2.52. The number of nitrogens with zero attached hydrogens (tertiary/aromatic N) is 1. The summed E-state index contributed by atoms with van der Waals surface area (Å²) in [6.07, 6.45) is 0.814. The van der Waals surface area contributed by atoms with Crippen molar-refractivity contribution < 1.29 is 14.7 Å². The van der Waals surface area contributed by atoms with Crippen LogP contribution in [0, 0.1) is 5.92 Å². The molecule has 0 spiro atoms. The monoisotopic (exact) mass is 282 g/mol. The van der Waals surface area contributed by atoms with E-state index in [1.54, 1.807) is 12.1 Å². The summed E-state index contributed by atoms with van der Waals surface area (Å²) in [6, 6.07) is 14.4. The van der Waals surface area contributed by atoms with Crippen molar-refractivity contribution in [2.45, 2.75) is 12.3 Å². The molecule has 1 saturated carbocycles. The molecule has 2 N–H and O–H groups in total. The van der Waals surface area contributed by atoms with E-state index >= 15 is 0 Å². The molecule has 2 unspecified atom stereocenters. The van der Waals surface area contributed by atoms with Crippen molar-refractivity contribution >= 4 is 17.7 Å². The lowest BCUT2D eigenvalue weighted by atomic mass is 10.1. The molecular formula is C16H14N2O3. The van der Waals surface area contributed by atoms with Crippen molar-refractivity contribution in [3.05, 3.63) is 59.8 Å². The molecule has 5 nitrogen and oxygen atoms in total. The van der Waals surface area contributed by atoms with Crippen molar-refractivity contribution in [2.24, 2.45) is 5.92 Å². The van der Waals surface area contributed by atoms with E-state index in [9.17, 15) is 9.59 Å². The number of aromatic nitrogens is 1. The number of aromatic carboxylic acids is 1. The number of hydrogen-bond acceptors (Lipinski definition) is 3. The summed E-state index contributed by atoms with van der Waals surface area (Å²) in [5.41, 5.74) is 1.08. The molecule has 3 rings (SSSR count). The summed E-state index contributed by atoms with van der Waals surface area (Å²) < 4.78 is 0. The Morgan fingerprint density at radius 1 is 1.10 bits per heavy atom. The van der Waals surface area contributed by atoms with Gasteiger partial charge in [-0.25, -0.2) is 9.78 Å². The molecule has 2 atom stereocenters. The molecular weight excluding hydrogens is 268 g/mol. The van der Waals surface area contributed by atoms with Crippen LogP contribution in [-0.2, 0) is 4.79 Å². The third kappa shape index (κ3) is 2.91. The molecule has 1 aromatic heterocycles. The molecule has 1 aliphatic carbocycles. The average molecular weight is 282 g/mol. The first-order valence-electron chi connectivity index (χ1n) is 6.71. The Hall–Kier alpha value is -2.69. The van der Waals surface area contributed by atoms with Crippen molar-refractivity contribution in [1.82, 2.24) is 4.98 Å². The van der Waals surface area contributed by atoms with Crippen LogP contribution < -0.4 is 5.32 Å². The maximum atomic E-state index is 12.1. The third-order valence-electron chi connectivity index (χ3n) is 3.57. The summed E-state index contributed by atoms with van der Waals surface area (Å²) in [7, 11) is 0. The minimum Gasteiger partial charge on any atom is -0.477 e. The fourth-order valence-electron chi connectivity index (χ4n) is 2.40. The zero-order chi connectivity index (χ0) is 14.8. The average Bonchev–Trinajstić information content (AvgIpc) is 3.29. The molecule has 1 aromatic carbocycles. The summed E-state index contributed by atoms with van der Waals surface area (Å²) in [5, 5.41) is 11.6. The Kier molecular flexibility index (Phi) is 3.39. The van der Waals surface area contributed by atoms with Crippen LogP contribution in [0.1, 0.15) is 28.4 Å². The van der Waals surface area contributed by atoms with Gasteiger partial charge in [0.05, 0.1) is 0 Å². The quantitative estimate of drug-likeness (QED) is 0.903. The molecule has 2 aromatic rings. The highest BCUT2D eigenvalue weighted by atomic mass is 16.4. The fourth-order valence-corrected chi connectivity index (χ4v) is 2.40. The van der Waals surface area contributed by atoms with Gasteiger partial charge < -0.3 is 10.4 Å². The lowest BCUT2D eigenvalue weighted by Crippen LogP contribution is -2.16. The van der Waals surface area contributed by atoms with E-state index in [-0.39, 0.29) is 29.3 Å². The summed E-state index contributed by atoms with van der Waals surface area (Å²) in [4.78, 5) is 26.9. The number of hydrogen-bond donors (Lipinski definition) is 2. The number of carbonyl (C=O) groups is 2. The highest BCUT2D eigenvalue weighted by Crippen LogP contribution is 2.47. The molecule has 0 radical (unpaired) electrons. The molecule has 0 bridgehead atoms. The predicted molar refractivity (Wildman–Crippen MR) is 77.1 cm³/mol. The second-order valence-electron chi connectivity index (χ2n) is 5.06. The lowest BCUT2D eigenvalue weighted by Gasteiger charge is -2.05. The molecule has 0 aliphatic heterocycles. The van der Waals surface area contributed by atoms with Crippen LogP contribution in [0.3, 0.4) is 0 Å². The Balaban J connectivity index is 1.66. The van der Waals surface area contributed by atoms with E-state index in [0.717, 1.165) is 12.0 Å². The Morgan fingerprint density at radius 3 is 2.57 bits per heavy atom. The number of nitrogens with one attached hydrogen (secondary N) is 1. The molecule has 1 amide bonds. The molecule has 1 aliphatic rings. The smallest absolute Gasteiger partial charge is 0.354 e. The maximum absolute atomic E-state index is 12.1. The van der Waals surface area contributed by atoms with Crippen LogP contribution in [0.4, 0.5) is 5.82 Å². The number of rotatable bonds is 4. The van der Waals surface area contributed by atoms with E-state index in [0.29, 0.717) is 0 Å². The first kappa shape index (κ1) is 13.3. The van der Waals surface area contributed by atoms with Crippen LogP contribution in [0.15, 0.2) is 48.5 Å². The van der Waals surface area contributed by atoms with Crippen LogP contribution in [0.2, 0.25) is 0 Å². The van der Waals surface area contributed by atoms with E-state index < -0.39 is 5.97 Å². The van der Waals surface area contributed by atoms with Crippen LogP contribution in [0.5, 0.6) is 0 Å². The fraction of sp³-hybridized carbons (Fsp3) is 0.188. The Bertz CT molecular complexity index is 685. The van der Waals surface area contributed by atoms with Crippen molar-refractivity contribution in [3.63, 3.8) is 0 Å². The van der Waals surface area contributed by atoms with Gasteiger partial charge in [-0.2, -0.15) is 0 Å². The summed E-state index contributed by atoms with van der Waals surface area (Å²) >= 11 is 0. The van der Waals surface area contributed by atoms with Gasteiger partial charge in [0.1, 0.15) is 5.82 Å². The lowest BCUT2D eigenvalue weighted by molar-refractivity contribution is -0.117. The van der Waals surface area contributed by atoms with Gasteiger partial charge in [-0.15, -0.1) is 0 Å². The zero-order valence-electron chi connectivity index (χ0n) is 11.2. The largest absolute Gasteiger partial charge is 0.477 e. The first-order valence-corrected chi connectivity index (χ1v) is 6.71. The van der Waals surface area contributed by atoms with Crippen LogP contribution >= 0.6 is 0 Å². The topological polar surface area (TPSA) is 79.3 Å². The highest BCUT2D eigenvalue weighted by molar-refractivity contribution is 5.95. The van der Waals surface area contributed by atoms with Gasteiger partial charge in [-0.05, 0) is 30.0 Å². The number of amides is 1. The van der Waals surface area contributed by atoms with E-state index in [1.165, 1.54) is 6.07 Å². The minimum atomic E-state index is -1.11. The summed E-state index contributed by atoms with van der Waals surface area (Å²) in [6.45, 7) is 0. The number of benzene rings is 1. The molecule has 0 saturated heterocycles. The van der Waals surface area contributed by atoms with Crippen LogP contribution in [0.25, 0.3) is 0 Å². The third-order valence-corrected chi connectivity index (χ3v) is 3.57. The number of carboxylic acids is 1. The van der Waals surface area contributed by atoms with E-state index in [4.69, 9.17) is 5.11 Å². The molecule has 21 heavy (non-hydrogen) atoms. The van der Waals surface area contributed by atoms with Gasteiger partial charge in [-0.1, -0.05) is 36.4 Å². The normalized spacial score (nSPS) is 19.8. The van der Waals surface area contributed by atoms with Gasteiger partial charge in [-0.3, -0.25) is 4.79 Å². The number of anilines is 1. The maximum Gasteiger partial charge on any atom is 0.354 e.